The molecule has 3 N–H and O–H groups in total. The van der Waals surface area contributed by atoms with Gasteiger partial charge in [-0.1, -0.05) is 36.6 Å². The molecule has 0 spiro atoms. The molecule has 0 saturated heterocycles. The molecule has 4 aliphatic carbocycles. The van der Waals surface area contributed by atoms with Crippen LogP contribution in [0.3, 0.4) is 0 Å². The summed E-state index contributed by atoms with van der Waals surface area (Å²) in [7, 11) is 3.01. The van der Waals surface area contributed by atoms with E-state index in [0.717, 1.165) is 36.9 Å². The maximum Gasteiger partial charge on any atom is 0.322 e. The van der Waals surface area contributed by atoms with E-state index in [4.69, 9.17) is 5.73 Å². The maximum absolute atomic E-state index is 12.9. The highest BCUT2D eigenvalue weighted by Crippen LogP contribution is 2.66. The summed E-state index contributed by atoms with van der Waals surface area (Å²) < 4.78 is 4.66. The van der Waals surface area contributed by atoms with E-state index in [9.17, 15) is 19.5 Å². The summed E-state index contributed by atoms with van der Waals surface area (Å²) in [5.74, 6) is 6.64. The van der Waals surface area contributed by atoms with Crippen molar-refractivity contribution in [1.82, 2.24) is 0 Å². The van der Waals surface area contributed by atoms with E-state index >= 15 is 0 Å². The van der Waals surface area contributed by atoms with E-state index in [-0.39, 0.29) is 30.1 Å². The lowest BCUT2D eigenvalue weighted by atomic mass is 9.51. The van der Waals surface area contributed by atoms with Crippen molar-refractivity contribution in [2.75, 3.05) is 19.1 Å². The van der Waals surface area contributed by atoms with Gasteiger partial charge >= 0.3 is 5.97 Å². The summed E-state index contributed by atoms with van der Waals surface area (Å²) in [6.07, 6.45) is 7.88. The molecule has 5 rings (SSSR count). The molecule has 1 aromatic carbocycles. The Labute approximate surface area is 243 Å². The fourth-order valence-corrected chi connectivity index (χ4v) is 8.10. The first kappa shape index (κ1) is 29.3. The van der Waals surface area contributed by atoms with Gasteiger partial charge in [-0.3, -0.25) is 14.4 Å². The molecule has 7 nitrogen and oxygen atoms in total. The normalized spacial score (nSPS) is 31.1. The van der Waals surface area contributed by atoms with Gasteiger partial charge in [0.05, 0.1) is 7.11 Å². The third kappa shape index (κ3) is 5.06. The highest BCUT2D eigenvalue weighted by molar-refractivity contribution is 5.93. The molecule has 0 heterocycles. The maximum atomic E-state index is 12.9. The highest BCUT2D eigenvalue weighted by atomic mass is 16.5. The molecular formula is C34H42N2O5. The van der Waals surface area contributed by atoms with Crippen LogP contribution in [-0.2, 0) is 19.1 Å². The van der Waals surface area contributed by atoms with E-state index in [1.54, 1.807) is 18.9 Å². The second-order valence-electron chi connectivity index (χ2n) is 12.5. The minimum Gasteiger partial charge on any atom is -0.468 e. The van der Waals surface area contributed by atoms with Crippen molar-refractivity contribution < 1.29 is 24.2 Å². The Morgan fingerprint density at radius 1 is 1.24 bits per heavy atom. The van der Waals surface area contributed by atoms with Gasteiger partial charge in [-0.2, -0.15) is 0 Å². The van der Waals surface area contributed by atoms with Crippen LogP contribution in [0.5, 0.6) is 0 Å². The number of carbonyl (C=O) groups excluding carboxylic acids is 3. The number of anilines is 1. The summed E-state index contributed by atoms with van der Waals surface area (Å²) in [5.41, 5.74) is 10.4. The van der Waals surface area contributed by atoms with E-state index in [2.05, 4.69) is 41.7 Å². The molecule has 0 aliphatic heterocycles. The Bertz CT molecular complexity index is 1370. The fourth-order valence-electron chi connectivity index (χ4n) is 8.10. The number of ketones is 1. The quantitative estimate of drug-likeness (QED) is 0.391. The number of benzene rings is 1. The molecule has 0 aromatic heterocycles. The van der Waals surface area contributed by atoms with Crippen LogP contribution in [0.25, 0.3) is 0 Å². The van der Waals surface area contributed by atoms with E-state index in [0.29, 0.717) is 36.9 Å². The largest absolute Gasteiger partial charge is 0.468 e. The second kappa shape index (κ2) is 11.2. The van der Waals surface area contributed by atoms with Crippen molar-refractivity contribution in [2.24, 2.45) is 23.0 Å². The first-order valence-corrected chi connectivity index (χ1v) is 14.8. The average Bonchev–Trinajstić information content (AvgIpc) is 3.23. The van der Waals surface area contributed by atoms with Gasteiger partial charge in [0.2, 0.25) is 5.91 Å². The van der Waals surface area contributed by atoms with E-state index < -0.39 is 17.6 Å². The molecule has 1 amide bonds. The van der Waals surface area contributed by atoms with Gasteiger partial charge in [-0.05, 0) is 86.1 Å². The van der Waals surface area contributed by atoms with Crippen LogP contribution >= 0.6 is 0 Å². The van der Waals surface area contributed by atoms with Crippen molar-refractivity contribution in [2.45, 2.75) is 89.2 Å². The molecule has 0 bridgehead atoms. The fraction of sp³-hybridized carbons (Fsp3) is 0.559. The van der Waals surface area contributed by atoms with Gasteiger partial charge in [0.1, 0.15) is 17.4 Å². The molecule has 218 valence electrons. The summed E-state index contributed by atoms with van der Waals surface area (Å²) in [6, 6.07) is 7.32. The number of hydrogen-bond acceptors (Lipinski definition) is 6. The minimum absolute atomic E-state index is 0.101. The number of Topliss-reactive ketones (excluding diaryl/α,β-unsaturated/α-hetero) is 1. The van der Waals surface area contributed by atoms with Crippen LogP contribution in [0.2, 0.25) is 0 Å². The number of ether oxygens (including phenoxy) is 1. The van der Waals surface area contributed by atoms with Gasteiger partial charge in [0.15, 0.2) is 0 Å². The molecule has 6 atom stereocenters. The molecule has 0 radical (unpaired) electrons. The molecule has 2 unspecified atom stereocenters. The highest BCUT2D eigenvalue weighted by Gasteiger charge is 2.62. The monoisotopic (exact) mass is 558 g/mol. The second-order valence-corrected chi connectivity index (χ2v) is 12.5. The van der Waals surface area contributed by atoms with Crippen LogP contribution < -0.4 is 10.6 Å². The van der Waals surface area contributed by atoms with Crippen LogP contribution in [0.1, 0.15) is 83.1 Å². The minimum atomic E-state index is -1.02. The summed E-state index contributed by atoms with van der Waals surface area (Å²) >= 11 is 0. The average molecular weight is 559 g/mol. The molecule has 41 heavy (non-hydrogen) atoms. The van der Waals surface area contributed by atoms with Crippen molar-refractivity contribution in [1.29, 1.82) is 0 Å². The van der Waals surface area contributed by atoms with Crippen molar-refractivity contribution in [3.63, 3.8) is 0 Å². The number of aliphatic hydroxyl groups is 1. The van der Waals surface area contributed by atoms with Crippen LogP contribution in [-0.4, -0.2) is 48.6 Å². The molecule has 7 heteroatoms. The number of carbonyl (C=O) groups is 3. The Kier molecular flexibility index (Phi) is 8.02. The van der Waals surface area contributed by atoms with Gasteiger partial charge < -0.3 is 20.5 Å². The Hall–Kier alpha value is -3.21. The van der Waals surface area contributed by atoms with Gasteiger partial charge in [-0.15, -0.1) is 5.92 Å². The number of rotatable bonds is 6. The number of allylic oxidation sites excluding steroid dienone is 4. The lowest BCUT2D eigenvalue weighted by Crippen LogP contribution is -2.50. The number of fused-ring (bicyclic) bond motifs is 4. The van der Waals surface area contributed by atoms with Crippen LogP contribution in [0, 0.1) is 29.1 Å². The first-order valence-electron chi connectivity index (χ1n) is 14.8. The van der Waals surface area contributed by atoms with Gasteiger partial charge in [0.25, 0.3) is 0 Å². The van der Waals surface area contributed by atoms with Crippen molar-refractivity contribution in [3.05, 3.63) is 52.6 Å². The Balaban J connectivity index is 1.46. The third-order valence-electron chi connectivity index (χ3n) is 10.4. The zero-order valence-corrected chi connectivity index (χ0v) is 24.7. The lowest BCUT2D eigenvalue weighted by molar-refractivity contribution is -0.142. The lowest BCUT2D eigenvalue weighted by Gasteiger charge is -2.53. The summed E-state index contributed by atoms with van der Waals surface area (Å²) in [4.78, 5) is 38.4. The third-order valence-corrected chi connectivity index (χ3v) is 10.4. The predicted octanol–water partition coefficient (Wildman–Crippen LogP) is 4.58. The number of methoxy groups -OCH3 is 1. The zero-order valence-electron chi connectivity index (χ0n) is 24.7. The van der Waals surface area contributed by atoms with E-state index in [1.807, 2.05) is 12.1 Å². The number of nitrogens with two attached hydrogens (primary N) is 1. The number of hydrogen-bond donors (Lipinski definition) is 2. The summed E-state index contributed by atoms with van der Waals surface area (Å²) in [5, 5.41) is 11.9. The smallest absolute Gasteiger partial charge is 0.322 e. The molecule has 3 saturated carbocycles. The molecular weight excluding hydrogens is 516 g/mol. The van der Waals surface area contributed by atoms with Crippen LogP contribution in [0.4, 0.5) is 5.69 Å². The molecule has 1 aromatic rings. The Morgan fingerprint density at radius 3 is 2.66 bits per heavy atom. The number of amides is 1. The molecule has 4 aliphatic rings. The SMILES string of the molecule is CC#C[C@]1(O)CCC2C3CC=C4CC(=O)CCC4=C3[C@@H](c3ccc(N(C)C(=O)CC[C@H](N)C(=O)OC)cc3)C[C@@]21C. The zero-order chi connectivity index (χ0) is 29.5. The van der Waals surface area contributed by atoms with E-state index in [1.165, 1.54) is 23.8 Å². The first-order chi connectivity index (χ1) is 19.5. The number of nitrogens with zero attached hydrogens (tertiary/aromatic N) is 1. The summed E-state index contributed by atoms with van der Waals surface area (Å²) in [6.45, 7) is 4.03. The standard InChI is InChI=1S/C34H42N2O5/c1-5-17-34(40)18-16-28-26-12-8-22-19-24(37)11-13-25(22)31(26)27(20-33(28,34)2)21-6-9-23(10-7-21)36(3)30(38)15-14-29(35)32(39)41-4/h6-10,26-29,40H,11-16,18-20,35H2,1-4H3/t26?,27-,28?,29+,33+,34+/m1/s1. The molecule has 3 fully saturated rings. The van der Waals surface area contributed by atoms with Crippen molar-refractivity contribution >= 4 is 23.3 Å². The van der Waals surface area contributed by atoms with Crippen molar-refractivity contribution in [3.8, 4) is 11.8 Å². The van der Waals surface area contributed by atoms with Gasteiger partial charge in [0, 0.05) is 43.3 Å². The topological polar surface area (TPSA) is 110 Å². The predicted molar refractivity (Wildman–Crippen MR) is 158 cm³/mol. The van der Waals surface area contributed by atoms with Crippen LogP contribution in [0.15, 0.2) is 47.1 Å². The van der Waals surface area contributed by atoms with Gasteiger partial charge in [-0.25, -0.2) is 0 Å². The number of esters is 1. The Morgan fingerprint density at radius 2 is 1.98 bits per heavy atom.